The van der Waals surface area contributed by atoms with Crippen LogP contribution in [0.15, 0.2) is 36.7 Å². The van der Waals surface area contributed by atoms with Crippen LogP contribution < -0.4 is 4.74 Å². The topological polar surface area (TPSA) is 44.1 Å². The second kappa shape index (κ2) is 6.18. The Hall–Kier alpha value is -2.10. The molecule has 0 atom stereocenters. The highest BCUT2D eigenvalue weighted by atomic mass is 16.5. The largest absolute Gasteiger partial charge is 0.494 e. The van der Waals surface area contributed by atoms with Crippen LogP contribution in [0, 0.1) is 0 Å². The quantitative estimate of drug-likeness (QED) is 0.591. The Morgan fingerprint density at radius 3 is 2.58 bits per heavy atom. The van der Waals surface area contributed by atoms with Crippen LogP contribution in [0.25, 0.3) is 0 Å². The monoisotopic (exact) mass is 258 g/mol. The van der Waals surface area contributed by atoms with E-state index in [2.05, 4.69) is 12.0 Å². The highest BCUT2D eigenvalue weighted by Crippen LogP contribution is 2.15. The number of unbranched alkanes of at least 4 members (excludes halogenated alkanes) is 1. The lowest BCUT2D eigenvalue weighted by Crippen LogP contribution is -2.01. The first-order valence-corrected chi connectivity index (χ1v) is 6.47. The summed E-state index contributed by atoms with van der Waals surface area (Å²) in [5.41, 5.74) is 1.25. The summed E-state index contributed by atoms with van der Waals surface area (Å²) in [4.78, 5) is 12.1. The Labute approximate surface area is 113 Å². The van der Waals surface area contributed by atoms with Crippen molar-refractivity contribution in [3.8, 4) is 5.75 Å². The molecule has 19 heavy (non-hydrogen) atoms. The van der Waals surface area contributed by atoms with Gasteiger partial charge in [-0.3, -0.25) is 9.48 Å². The van der Waals surface area contributed by atoms with Crippen LogP contribution >= 0.6 is 0 Å². The van der Waals surface area contributed by atoms with Gasteiger partial charge in [-0.25, -0.2) is 0 Å². The number of benzene rings is 1. The van der Waals surface area contributed by atoms with Gasteiger partial charge in [-0.2, -0.15) is 5.10 Å². The molecule has 0 saturated heterocycles. The number of rotatable bonds is 6. The number of ketones is 1. The molecule has 4 nitrogen and oxygen atoms in total. The SMILES string of the molecule is CCCCOc1ccc(C(=O)c2cnn(C)c2)cc1. The molecule has 0 saturated carbocycles. The number of nitrogens with zero attached hydrogens (tertiary/aromatic N) is 2. The molecule has 0 bridgehead atoms. The molecule has 0 N–H and O–H groups in total. The summed E-state index contributed by atoms with van der Waals surface area (Å²) in [6, 6.07) is 7.24. The molecule has 0 aliphatic heterocycles. The summed E-state index contributed by atoms with van der Waals surface area (Å²) in [6.07, 6.45) is 5.44. The van der Waals surface area contributed by atoms with E-state index < -0.39 is 0 Å². The van der Waals surface area contributed by atoms with Gasteiger partial charge in [0.1, 0.15) is 5.75 Å². The summed E-state index contributed by atoms with van der Waals surface area (Å²) in [7, 11) is 1.79. The van der Waals surface area contributed by atoms with E-state index in [1.165, 1.54) is 0 Å². The van der Waals surface area contributed by atoms with Crippen molar-refractivity contribution in [1.29, 1.82) is 0 Å². The number of aryl methyl sites for hydroxylation is 1. The third-order valence-corrected chi connectivity index (χ3v) is 2.85. The molecule has 0 fully saturated rings. The van der Waals surface area contributed by atoms with E-state index in [0.717, 1.165) is 18.6 Å². The Morgan fingerprint density at radius 2 is 2.00 bits per heavy atom. The third-order valence-electron chi connectivity index (χ3n) is 2.85. The van der Waals surface area contributed by atoms with Crippen LogP contribution in [0.2, 0.25) is 0 Å². The predicted octanol–water partition coefficient (Wildman–Crippen LogP) is 2.83. The zero-order valence-electron chi connectivity index (χ0n) is 11.3. The van der Waals surface area contributed by atoms with Crippen LogP contribution in [0.3, 0.4) is 0 Å². The van der Waals surface area contributed by atoms with E-state index in [1.807, 2.05) is 12.1 Å². The van der Waals surface area contributed by atoms with Crippen LogP contribution in [-0.4, -0.2) is 22.2 Å². The van der Waals surface area contributed by atoms with Crippen molar-refractivity contribution in [2.24, 2.45) is 7.05 Å². The van der Waals surface area contributed by atoms with Crippen molar-refractivity contribution in [1.82, 2.24) is 9.78 Å². The molecule has 1 heterocycles. The van der Waals surface area contributed by atoms with Gasteiger partial charge in [0.2, 0.25) is 0 Å². The normalized spacial score (nSPS) is 10.4. The second-order valence-corrected chi connectivity index (χ2v) is 4.46. The molecular formula is C15H18N2O2. The standard InChI is InChI=1S/C15H18N2O2/c1-3-4-9-19-14-7-5-12(6-8-14)15(18)13-10-16-17(2)11-13/h5-8,10-11H,3-4,9H2,1-2H3. The molecule has 1 aromatic carbocycles. The zero-order chi connectivity index (χ0) is 13.7. The lowest BCUT2D eigenvalue weighted by molar-refractivity contribution is 0.103. The Bertz CT molecular complexity index is 544. The van der Waals surface area contributed by atoms with Crippen LogP contribution in [0.4, 0.5) is 0 Å². The van der Waals surface area contributed by atoms with E-state index in [9.17, 15) is 4.79 Å². The summed E-state index contributed by atoms with van der Waals surface area (Å²) < 4.78 is 7.18. The second-order valence-electron chi connectivity index (χ2n) is 4.46. The Morgan fingerprint density at radius 1 is 1.26 bits per heavy atom. The summed E-state index contributed by atoms with van der Waals surface area (Å²) in [5.74, 6) is 0.782. The zero-order valence-corrected chi connectivity index (χ0v) is 11.3. The third kappa shape index (κ3) is 3.44. The van der Waals surface area contributed by atoms with Crippen molar-refractivity contribution in [2.75, 3.05) is 6.61 Å². The van der Waals surface area contributed by atoms with Crippen LogP contribution in [0.1, 0.15) is 35.7 Å². The molecule has 0 aliphatic carbocycles. The molecule has 4 heteroatoms. The first-order valence-electron chi connectivity index (χ1n) is 6.47. The van der Waals surface area contributed by atoms with Gasteiger partial charge < -0.3 is 4.74 Å². The maximum Gasteiger partial charge on any atom is 0.196 e. The number of carbonyl (C=O) groups excluding carboxylic acids is 1. The first-order chi connectivity index (χ1) is 9.20. The van der Waals surface area contributed by atoms with E-state index in [0.29, 0.717) is 17.7 Å². The van der Waals surface area contributed by atoms with Gasteiger partial charge in [-0.15, -0.1) is 0 Å². The minimum Gasteiger partial charge on any atom is -0.494 e. The van der Waals surface area contributed by atoms with Gasteiger partial charge >= 0.3 is 0 Å². The fourth-order valence-corrected chi connectivity index (χ4v) is 1.74. The molecule has 0 aliphatic rings. The number of ether oxygens (including phenoxy) is 1. The minimum absolute atomic E-state index is 0.0202. The van der Waals surface area contributed by atoms with E-state index in [1.54, 1.807) is 36.3 Å². The molecule has 0 unspecified atom stereocenters. The predicted molar refractivity (Wildman–Crippen MR) is 73.5 cm³/mol. The lowest BCUT2D eigenvalue weighted by atomic mass is 10.1. The molecule has 0 radical (unpaired) electrons. The van der Waals surface area contributed by atoms with E-state index >= 15 is 0 Å². The average molecular weight is 258 g/mol. The summed E-state index contributed by atoms with van der Waals surface area (Å²) >= 11 is 0. The van der Waals surface area contributed by atoms with Crippen LogP contribution in [0.5, 0.6) is 5.75 Å². The fraction of sp³-hybridized carbons (Fsp3) is 0.333. The van der Waals surface area contributed by atoms with Gasteiger partial charge in [-0.1, -0.05) is 13.3 Å². The number of hydrogen-bond donors (Lipinski definition) is 0. The van der Waals surface area contributed by atoms with Crippen LogP contribution in [-0.2, 0) is 7.05 Å². The smallest absolute Gasteiger partial charge is 0.196 e. The molecule has 2 rings (SSSR count). The van der Waals surface area contributed by atoms with Gasteiger partial charge in [0.15, 0.2) is 5.78 Å². The molecule has 0 amide bonds. The first kappa shape index (κ1) is 13.3. The van der Waals surface area contributed by atoms with Crippen molar-refractivity contribution in [3.05, 3.63) is 47.8 Å². The highest BCUT2D eigenvalue weighted by Gasteiger charge is 2.10. The summed E-state index contributed by atoms with van der Waals surface area (Å²) in [6.45, 7) is 2.84. The minimum atomic E-state index is -0.0202. The maximum absolute atomic E-state index is 12.1. The highest BCUT2D eigenvalue weighted by molar-refractivity contribution is 6.08. The fourth-order valence-electron chi connectivity index (χ4n) is 1.74. The van der Waals surface area contributed by atoms with Gasteiger partial charge in [-0.05, 0) is 30.7 Å². The maximum atomic E-state index is 12.1. The lowest BCUT2D eigenvalue weighted by Gasteiger charge is -2.05. The van der Waals surface area contributed by atoms with Crippen molar-refractivity contribution in [3.63, 3.8) is 0 Å². The van der Waals surface area contributed by atoms with E-state index in [-0.39, 0.29) is 5.78 Å². The summed E-state index contributed by atoms with van der Waals surface area (Å²) in [5, 5.41) is 4.00. The number of aromatic nitrogens is 2. The van der Waals surface area contributed by atoms with Crippen molar-refractivity contribution >= 4 is 5.78 Å². The Balaban J connectivity index is 2.03. The average Bonchev–Trinajstić information content (AvgIpc) is 2.86. The van der Waals surface area contributed by atoms with Gasteiger partial charge in [0, 0.05) is 18.8 Å². The molecular weight excluding hydrogens is 240 g/mol. The Kier molecular flexibility index (Phi) is 4.34. The van der Waals surface area contributed by atoms with Gasteiger partial charge in [0.25, 0.3) is 0 Å². The van der Waals surface area contributed by atoms with Crippen molar-refractivity contribution in [2.45, 2.75) is 19.8 Å². The molecule has 100 valence electrons. The van der Waals surface area contributed by atoms with Gasteiger partial charge in [0.05, 0.1) is 18.4 Å². The number of hydrogen-bond acceptors (Lipinski definition) is 3. The molecule has 0 spiro atoms. The number of carbonyl (C=O) groups is 1. The van der Waals surface area contributed by atoms with Crippen molar-refractivity contribution < 1.29 is 9.53 Å². The molecule has 2 aromatic rings. The van der Waals surface area contributed by atoms with E-state index in [4.69, 9.17) is 4.74 Å². The molecule has 1 aromatic heterocycles.